The van der Waals surface area contributed by atoms with Gasteiger partial charge in [0.05, 0.1) is 52.9 Å². The van der Waals surface area contributed by atoms with Crippen molar-refractivity contribution < 1.29 is 33.2 Å². The standard InChI is InChI=1S/C24H30O7/c1-19(25)20-2-4-21(5-3-20)22-6-7-23-24(18-22)31-17-15-29-13-11-27-9-8-26-10-12-28-14-16-30-23/h2-7,18H,8-17H2,1H3. The van der Waals surface area contributed by atoms with Crippen LogP contribution < -0.4 is 9.47 Å². The van der Waals surface area contributed by atoms with Gasteiger partial charge in [-0.25, -0.2) is 0 Å². The number of hydrogen-bond donors (Lipinski definition) is 0. The summed E-state index contributed by atoms with van der Waals surface area (Å²) in [5.74, 6) is 1.33. The van der Waals surface area contributed by atoms with Crippen molar-refractivity contribution in [1.29, 1.82) is 0 Å². The third kappa shape index (κ3) is 7.95. The third-order valence-electron chi connectivity index (χ3n) is 4.65. The first-order chi connectivity index (χ1) is 15.2. The molecule has 0 radical (unpaired) electrons. The third-order valence-corrected chi connectivity index (χ3v) is 4.65. The van der Waals surface area contributed by atoms with Gasteiger partial charge in [-0.3, -0.25) is 4.79 Å². The Hall–Kier alpha value is -2.45. The predicted octanol–water partition coefficient (Wildman–Crippen LogP) is 3.39. The van der Waals surface area contributed by atoms with E-state index < -0.39 is 0 Å². The molecule has 7 nitrogen and oxygen atoms in total. The molecule has 7 heteroatoms. The molecule has 168 valence electrons. The molecule has 0 amide bonds. The van der Waals surface area contributed by atoms with Crippen LogP contribution in [0.15, 0.2) is 42.5 Å². The molecule has 1 aliphatic heterocycles. The van der Waals surface area contributed by atoms with E-state index in [4.69, 9.17) is 28.4 Å². The minimum atomic E-state index is 0.0458. The molecular formula is C24H30O7. The van der Waals surface area contributed by atoms with Gasteiger partial charge in [0.1, 0.15) is 13.2 Å². The van der Waals surface area contributed by atoms with Crippen molar-refractivity contribution in [3.05, 3.63) is 48.0 Å². The van der Waals surface area contributed by atoms with E-state index in [2.05, 4.69) is 0 Å². The average molecular weight is 430 g/mol. The smallest absolute Gasteiger partial charge is 0.161 e. The lowest BCUT2D eigenvalue weighted by Gasteiger charge is -2.15. The van der Waals surface area contributed by atoms with E-state index in [0.29, 0.717) is 83.1 Å². The lowest BCUT2D eigenvalue weighted by atomic mass is 10.0. The molecule has 0 aliphatic carbocycles. The first-order valence-electron chi connectivity index (χ1n) is 10.6. The van der Waals surface area contributed by atoms with Crippen molar-refractivity contribution in [2.24, 2.45) is 0 Å². The van der Waals surface area contributed by atoms with Crippen molar-refractivity contribution in [3.63, 3.8) is 0 Å². The monoisotopic (exact) mass is 430 g/mol. The second-order valence-electron chi connectivity index (χ2n) is 6.94. The van der Waals surface area contributed by atoms with Gasteiger partial charge in [-0.1, -0.05) is 30.3 Å². The molecule has 0 fully saturated rings. The van der Waals surface area contributed by atoms with Crippen molar-refractivity contribution >= 4 is 5.78 Å². The molecular weight excluding hydrogens is 400 g/mol. The summed E-state index contributed by atoms with van der Waals surface area (Å²) in [6.07, 6.45) is 0. The summed E-state index contributed by atoms with van der Waals surface area (Å²) >= 11 is 0. The quantitative estimate of drug-likeness (QED) is 0.676. The van der Waals surface area contributed by atoms with Crippen molar-refractivity contribution in [1.82, 2.24) is 0 Å². The fraction of sp³-hybridized carbons (Fsp3) is 0.458. The van der Waals surface area contributed by atoms with Gasteiger partial charge in [-0.15, -0.1) is 0 Å². The van der Waals surface area contributed by atoms with Crippen LogP contribution in [0.2, 0.25) is 0 Å². The fourth-order valence-electron chi connectivity index (χ4n) is 3.00. The number of carbonyl (C=O) groups excluding carboxylic acids is 1. The Bertz CT molecular complexity index is 804. The highest BCUT2D eigenvalue weighted by Crippen LogP contribution is 2.33. The van der Waals surface area contributed by atoms with E-state index in [1.807, 2.05) is 42.5 Å². The molecule has 3 rings (SSSR count). The number of rotatable bonds is 2. The highest BCUT2D eigenvalue weighted by molar-refractivity contribution is 5.94. The lowest BCUT2D eigenvalue weighted by Crippen LogP contribution is -2.16. The van der Waals surface area contributed by atoms with Gasteiger partial charge in [-0.05, 0) is 30.2 Å². The van der Waals surface area contributed by atoms with Crippen molar-refractivity contribution in [3.8, 4) is 22.6 Å². The Labute approximate surface area is 183 Å². The lowest BCUT2D eigenvalue weighted by molar-refractivity contribution is -0.00841. The summed E-state index contributed by atoms with van der Waals surface area (Å²) in [5, 5.41) is 0. The van der Waals surface area contributed by atoms with Gasteiger partial charge in [-0.2, -0.15) is 0 Å². The molecule has 1 heterocycles. The van der Waals surface area contributed by atoms with Crippen LogP contribution in [0, 0.1) is 0 Å². The highest BCUT2D eigenvalue weighted by Gasteiger charge is 2.10. The Morgan fingerprint density at radius 2 is 1.03 bits per heavy atom. The van der Waals surface area contributed by atoms with E-state index in [9.17, 15) is 4.79 Å². The van der Waals surface area contributed by atoms with Crippen LogP contribution in [0.1, 0.15) is 17.3 Å². The normalized spacial score (nSPS) is 17.3. The van der Waals surface area contributed by atoms with Gasteiger partial charge < -0.3 is 28.4 Å². The van der Waals surface area contributed by atoms with Crippen LogP contribution in [-0.2, 0) is 18.9 Å². The zero-order chi connectivity index (χ0) is 21.7. The van der Waals surface area contributed by atoms with E-state index in [1.54, 1.807) is 6.92 Å². The summed E-state index contributed by atoms with van der Waals surface area (Å²) in [6.45, 7) is 6.36. The number of ether oxygens (including phenoxy) is 6. The van der Waals surface area contributed by atoms with E-state index >= 15 is 0 Å². The summed E-state index contributed by atoms with van der Waals surface area (Å²) in [5.41, 5.74) is 2.65. The average Bonchev–Trinajstić information content (AvgIpc) is 2.79. The van der Waals surface area contributed by atoms with Crippen LogP contribution in [0.5, 0.6) is 11.5 Å². The maximum Gasteiger partial charge on any atom is 0.161 e. The molecule has 0 saturated heterocycles. The molecule has 2 aromatic carbocycles. The molecule has 0 spiro atoms. The molecule has 0 aromatic heterocycles. The Kier molecular flexibility index (Phi) is 9.79. The second kappa shape index (κ2) is 13.1. The first-order valence-corrected chi connectivity index (χ1v) is 10.6. The maximum absolute atomic E-state index is 11.5. The zero-order valence-electron chi connectivity index (χ0n) is 18.0. The van der Waals surface area contributed by atoms with Gasteiger partial charge >= 0.3 is 0 Å². The molecule has 0 N–H and O–H groups in total. The summed E-state index contributed by atoms with van der Waals surface area (Å²) in [7, 11) is 0. The highest BCUT2D eigenvalue weighted by atomic mass is 16.6. The van der Waals surface area contributed by atoms with E-state index in [0.717, 1.165) is 11.1 Å². The Morgan fingerprint density at radius 3 is 1.55 bits per heavy atom. The summed E-state index contributed by atoms with van der Waals surface area (Å²) in [6, 6.07) is 13.3. The van der Waals surface area contributed by atoms with Crippen molar-refractivity contribution in [2.75, 3.05) is 66.1 Å². The number of fused-ring (bicyclic) bond motifs is 1. The van der Waals surface area contributed by atoms with Crippen LogP contribution in [0.3, 0.4) is 0 Å². The summed E-state index contributed by atoms with van der Waals surface area (Å²) in [4.78, 5) is 11.5. The number of Topliss-reactive ketones (excluding diaryl/α,β-unsaturated/α-hetero) is 1. The molecule has 2 aromatic rings. The largest absolute Gasteiger partial charge is 0.487 e. The van der Waals surface area contributed by atoms with Gasteiger partial charge in [0, 0.05) is 5.56 Å². The minimum Gasteiger partial charge on any atom is -0.487 e. The number of ketones is 1. The number of benzene rings is 2. The summed E-state index contributed by atoms with van der Waals surface area (Å²) < 4.78 is 33.8. The molecule has 0 atom stereocenters. The maximum atomic E-state index is 11.5. The first kappa shape index (κ1) is 23.2. The van der Waals surface area contributed by atoms with Crippen LogP contribution in [-0.4, -0.2) is 71.9 Å². The Balaban J connectivity index is 1.68. The van der Waals surface area contributed by atoms with Crippen molar-refractivity contribution in [2.45, 2.75) is 6.92 Å². The molecule has 0 bridgehead atoms. The van der Waals surface area contributed by atoms with Crippen LogP contribution in [0.25, 0.3) is 11.1 Å². The van der Waals surface area contributed by atoms with Gasteiger partial charge in [0.25, 0.3) is 0 Å². The second-order valence-corrected chi connectivity index (χ2v) is 6.94. The molecule has 0 saturated carbocycles. The van der Waals surface area contributed by atoms with Gasteiger partial charge in [0.15, 0.2) is 17.3 Å². The zero-order valence-corrected chi connectivity index (χ0v) is 18.0. The van der Waals surface area contributed by atoms with E-state index in [-0.39, 0.29) is 5.78 Å². The van der Waals surface area contributed by atoms with E-state index in [1.165, 1.54) is 0 Å². The molecule has 31 heavy (non-hydrogen) atoms. The van der Waals surface area contributed by atoms with Crippen LogP contribution >= 0.6 is 0 Å². The minimum absolute atomic E-state index is 0.0458. The number of carbonyl (C=O) groups is 1. The molecule has 0 unspecified atom stereocenters. The van der Waals surface area contributed by atoms with Crippen LogP contribution in [0.4, 0.5) is 0 Å². The fourth-order valence-corrected chi connectivity index (χ4v) is 3.00. The number of hydrogen-bond acceptors (Lipinski definition) is 7. The molecule has 1 aliphatic rings. The van der Waals surface area contributed by atoms with Gasteiger partial charge in [0.2, 0.25) is 0 Å². The Morgan fingerprint density at radius 1 is 0.581 bits per heavy atom. The topological polar surface area (TPSA) is 72.5 Å². The predicted molar refractivity (Wildman–Crippen MR) is 116 cm³/mol. The SMILES string of the molecule is CC(=O)c1ccc(-c2ccc3c(c2)OCCOCCOCCOCCOCCO3)cc1.